The summed E-state index contributed by atoms with van der Waals surface area (Å²) in [7, 11) is 0. The first kappa shape index (κ1) is 13.3. The van der Waals surface area contributed by atoms with Crippen LogP contribution in [0.25, 0.3) is 0 Å². The summed E-state index contributed by atoms with van der Waals surface area (Å²) < 4.78 is 5.94. The zero-order valence-electron chi connectivity index (χ0n) is 11.6. The van der Waals surface area contributed by atoms with Crippen molar-refractivity contribution in [1.82, 2.24) is 4.90 Å². The van der Waals surface area contributed by atoms with Crippen LogP contribution < -0.4 is 5.73 Å². The molecule has 17 heavy (non-hydrogen) atoms. The second-order valence-electron chi connectivity index (χ2n) is 6.22. The summed E-state index contributed by atoms with van der Waals surface area (Å²) in [6.45, 7) is 9.95. The van der Waals surface area contributed by atoms with Crippen LogP contribution in [-0.4, -0.2) is 42.8 Å². The first-order valence-electron chi connectivity index (χ1n) is 7.19. The molecule has 0 amide bonds. The van der Waals surface area contributed by atoms with E-state index in [9.17, 15) is 0 Å². The van der Waals surface area contributed by atoms with Crippen LogP contribution in [0.5, 0.6) is 0 Å². The molecule has 0 radical (unpaired) electrons. The predicted molar refractivity (Wildman–Crippen MR) is 70.9 cm³/mol. The summed E-state index contributed by atoms with van der Waals surface area (Å²) in [5.74, 6) is 1.52. The molecule has 0 bridgehead atoms. The van der Waals surface area contributed by atoms with E-state index >= 15 is 0 Å². The van der Waals surface area contributed by atoms with Crippen LogP contribution in [0, 0.1) is 11.8 Å². The highest BCUT2D eigenvalue weighted by Gasteiger charge is 2.33. The van der Waals surface area contributed by atoms with E-state index < -0.39 is 0 Å². The Morgan fingerprint density at radius 1 is 1.24 bits per heavy atom. The molecule has 100 valence electrons. The van der Waals surface area contributed by atoms with Gasteiger partial charge in [0.05, 0.1) is 12.2 Å². The van der Waals surface area contributed by atoms with Gasteiger partial charge in [-0.05, 0) is 38.0 Å². The fraction of sp³-hybridized carbons (Fsp3) is 1.00. The first-order valence-corrected chi connectivity index (χ1v) is 7.19. The Morgan fingerprint density at radius 3 is 2.59 bits per heavy atom. The Bertz CT molecular complexity index is 246. The van der Waals surface area contributed by atoms with Crippen LogP contribution in [0.4, 0.5) is 0 Å². The number of nitrogens with zero attached hydrogens (tertiary/aromatic N) is 1. The third-order valence-electron chi connectivity index (χ3n) is 4.45. The van der Waals surface area contributed by atoms with Crippen molar-refractivity contribution in [3.63, 3.8) is 0 Å². The van der Waals surface area contributed by atoms with Crippen LogP contribution >= 0.6 is 0 Å². The molecule has 2 heterocycles. The number of hydrogen-bond donors (Lipinski definition) is 1. The highest BCUT2D eigenvalue weighted by atomic mass is 16.5. The van der Waals surface area contributed by atoms with Gasteiger partial charge in [-0.1, -0.05) is 13.8 Å². The molecule has 2 fully saturated rings. The van der Waals surface area contributed by atoms with Crippen LogP contribution in [0.3, 0.4) is 0 Å². The highest BCUT2D eigenvalue weighted by Crippen LogP contribution is 2.29. The van der Waals surface area contributed by atoms with Crippen LogP contribution in [-0.2, 0) is 4.74 Å². The highest BCUT2D eigenvalue weighted by molar-refractivity contribution is 4.87. The van der Waals surface area contributed by atoms with E-state index in [1.807, 2.05) is 0 Å². The van der Waals surface area contributed by atoms with Gasteiger partial charge in [0.1, 0.15) is 0 Å². The third-order valence-corrected chi connectivity index (χ3v) is 4.45. The normalized spacial score (nSPS) is 44.1. The Morgan fingerprint density at radius 2 is 2.00 bits per heavy atom. The number of piperidine rings is 1. The molecule has 0 aromatic rings. The molecule has 2 N–H and O–H groups in total. The van der Waals surface area contributed by atoms with Crippen LogP contribution in [0.15, 0.2) is 0 Å². The van der Waals surface area contributed by atoms with Gasteiger partial charge in [-0.2, -0.15) is 0 Å². The molecule has 0 saturated carbocycles. The van der Waals surface area contributed by atoms with Gasteiger partial charge in [0.2, 0.25) is 0 Å². The molecule has 0 spiro atoms. The second kappa shape index (κ2) is 5.68. The average Bonchev–Trinajstić information content (AvgIpc) is 2.63. The number of hydrogen-bond acceptors (Lipinski definition) is 3. The SMILES string of the molecule is CC1CC(C)C(CN)N(CC2CCC(C)O2)C1. The minimum atomic E-state index is 0.441. The molecule has 2 saturated heterocycles. The van der Waals surface area contributed by atoms with Gasteiger partial charge in [0.25, 0.3) is 0 Å². The standard InChI is InChI=1S/C14H28N2O/c1-10-6-11(2)14(7-15)16(8-10)9-13-5-4-12(3)17-13/h10-14H,4-9,15H2,1-3H3. The Hall–Kier alpha value is -0.120. The molecule has 3 heteroatoms. The number of ether oxygens (including phenoxy) is 1. The number of rotatable bonds is 3. The molecule has 2 aliphatic rings. The van der Waals surface area contributed by atoms with E-state index in [-0.39, 0.29) is 0 Å². The van der Waals surface area contributed by atoms with Gasteiger partial charge in [0, 0.05) is 25.7 Å². The fourth-order valence-electron chi connectivity index (χ4n) is 3.63. The predicted octanol–water partition coefficient (Wildman–Crippen LogP) is 1.86. The van der Waals surface area contributed by atoms with Gasteiger partial charge in [0.15, 0.2) is 0 Å². The molecule has 0 aromatic carbocycles. The Balaban J connectivity index is 1.92. The van der Waals surface area contributed by atoms with Gasteiger partial charge >= 0.3 is 0 Å². The van der Waals surface area contributed by atoms with Crippen molar-refractivity contribution in [3.8, 4) is 0 Å². The lowest BCUT2D eigenvalue weighted by molar-refractivity contribution is -0.00489. The molecule has 5 unspecified atom stereocenters. The lowest BCUT2D eigenvalue weighted by Crippen LogP contribution is -2.53. The minimum absolute atomic E-state index is 0.441. The molecular formula is C14H28N2O. The molecule has 2 aliphatic heterocycles. The summed E-state index contributed by atoms with van der Waals surface area (Å²) >= 11 is 0. The van der Waals surface area contributed by atoms with E-state index in [0.717, 1.165) is 24.9 Å². The summed E-state index contributed by atoms with van der Waals surface area (Å²) in [5, 5.41) is 0. The van der Waals surface area contributed by atoms with Crippen molar-refractivity contribution < 1.29 is 4.74 Å². The summed E-state index contributed by atoms with van der Waals surface area (Å²) in [6, 6.07) is 0.561. The number of likely N-dealkylation sites (tertiary alicyclic amines) is 1. The quantitative estimate of drug-likeness (QED) is 0.818. The summed E-state index contributed by atoms with van der Waals surface area (Å²) in [4.78, 5) is 2.58. The van der Waals surface area contributed by atoms with E-state index in [1.165, 1.54) is 25.8 Å². The molecule has 3 nitrogen and oxygen atoms in total. The number of nitrogens with two attached hydrogens (primary N) is 1. The molecular weight excluding hydrogens is 212 g/mol. The van der Waals surface area contributed by atoms with Crippen molar-refractivity contribution in [2.75, 3.05) is 19.6 Å². The smallest absolute Gasteiger partial charge is 0.0706 e. The van der Waals surface area contributed by atoms with Gasteiger partial charge in [-0.15, -0.1) is 0 Å². The lowest BCUT2D eigenvalue weighted by Gasteiger charge is -2.43. The first-order chi connectivity index (χ1) is 8.10. The maximum atomic E-state index is 5.95. The zero-order valence-corrected chi connectivity index (χ0v) is 11.6. The van der Waals surface area contributed by atoms with E-state index in [4.69, 9.17) is 10.5 Å². The van der Waals surface area contributed by atoms with Gasteiger partial charge in [-0.3, -0.25) is 4.90 Å². The maximum absolute atomic E-state index is 5.95. The molecule has 5 atom stereocenters. The van der Waals surface area contributed by atoms with E-state index in [1.54, 1.807) is 0 Å². The van der Waals surface area contributed by atoms with Crippen molar-refractivity contribution in [3.05, 3.63) is 0 Å². The molecule has 0 aliphatic carbocycles. The Labute approximate surface area is 106 Å². The summed E-state index contributed by atoms with van der Waals surface area (Å²) in [6.07, 6.45) is 4.65. The maximum Gasteiger partial charge on any atom is 0.0706 e. The molecule has 0 aromatic heterocycles. The topological polar surface area (TPSA) is 38.5 Å². The van der Waals surface area contributed by atoms with E-state index in [2.05, 4.69) is 25.7 Å². The lowest BCUT2D eigenvalue weighted by atomic mass is 9.85. The van der Waals surface area contributed by atoms with Crippen LogP contribution in [0.2, 0.25) is 0 Å². The average molecular weight is 240 g/mol. The third kappa shape index (κ3) is 3.21. The second-order valence-corrected chi connectivity index (χ2v) is 6.22. The van der Waals surface area contributed by atoms with E-state index in [0.29, 0.717) is 18.2 Å². The van der Waals surface area contributed by atoms with Crippen LogP contribution in [0.1, 0.15) is 40.0 Å². The molecule has 2 rings (SSSR count). The van der Waals surface area contributed by atoms with Gasteiger partial charge < -0.3 is 10.5 Å². The fourth-order valence-corrected chi connectivity index (χ4v) is 3.63. The minimum Gasteiger partial charge on any atom is -0.374 e. The van der Waals surface area contributed by atoms with Gasteiger partial charge in [-0.25, -0.2) is 0 Å². The van der Waals surface area contributed by atoms with Crippen molar-refractivity contribution >= 4 is 0 Å². The summed E-state index contributed by atoms with van der Waals surface area (Å²) in [5.41, 5.74) is 5.95. The zero-order chi connectivity index (χ0) is 12.4. The van der Waals surface area contributed by atoms with Crippen molar-refractivity contribution in [2.45, 2.75) is 58.3 Å². The van der Waals surface area contributed by atoms with Crippen molar-refractivity contribution in [2.24, 2.45) is 17.6 Å². The van der Waals surface area contributed by atoms with Crippen molar-refractivity contribution in [1.29, 1.82) is 0 Å². The monoisotopic (exact) mass is 240 g/mol. The Kier molecular flexibility index (Phi) is 4.45. The largest absolute Gasteiger partial charge is 0.374 e.